The minimum Gasteiger partial charge on any atom is -0.306 e. The van der Waals surface area contributed by atoms with E-state index in [-0.39, 0.29) is 0 Å². The molecule has 1 atom stereocenters. The van der Waals surface area contributed by atoms with E-state index in [9.17, 15) is 4.79 Å². The summed E-state index contributed by atoms with van der Waals surface area (Å²) in [5.74, 6) is 0.338. The van der Waals surface area contributed by atoms with E-state index < -0.39 is 0 Å². The molecular weight excluding hydrogens is 126 g/mol. The van der Waals surface area contributed by atoms with Crippen molar-refractivity contribution in [3.8, 4) is 0 Å². The Kier molecular flexibility index (Phi) is 2.87. The van der Waals surface area contributed by atoms with Gasteiger partial charge in [-0.15, -0.1) is 0 Å². The third-order valence-corrected chi connectivity index (χ3v) is 2.19. The molecule has 0 bridgehead atoms. The molecule has 0 radical (unpaired) electrons. The second-order valence-electron chi connectivity index (χ2n) is 3.13. The summed E-state index contributed by atoms with van der Waals surface area (Å²) in [5.41, 5.74) is 0. The van der Waals surface area contributed by atoms with Gasteiger partial charge >= 0.3 is 0 Å². The van der Waals surface area contributed by atoms with Crippen LogP contribution in [0.25, 0.3) is 0 Å². The van der Waals surface area contributed by atoms with Crippen LogP contribution in [0.2, 0.25) is 0 Å². The largest absolute Gasteiger partial charge is 0.306 e. The summed E-state index contributed by atoms with van der Waals surface area (Å²) in [6.07, 6.45) is 4.44. The van der Waals surface area contributed by atoms with Gasteiger partial charge in [0.2, 0.25) is 0 Å². The molecule has 58 valence electrons. The highest BCUT2D eigenvalue weighted by Gasteiger charge is 2.12. The van der Waals surface area contributed by atoms with Gasteiger partial charge in [0, 0.05) is 5.92 Å². The van der Waals surface area contributed by atoms with Gasteiger partial charge in [-0.2, -0.15) is 0 Å². The minimum atomic E-state index is 0.338. The summed E-state index contributed by atoms with van der Waals surface area (Å²) >= 11 is 0. The third-order valence-electron chi connectivity index (χ3n) is 2.19. The number of likely N-dealkylation sites (tertiary alicyclic amines) is 1. The standard InChI is InChI=1S/C8H15NO/c1-9-5-2-3-8(7-10)4-6-9/h7-8H,2-6H2,1H3/t8-/m0/s1. The van der Waals surface area contributed by atoms with Crippen LogP contribution in [0.5, 0.6) is 0 Å². The van der Waals surface area contributed by atoms with Crippen molar-refractivity contribution in [2.45, 2.75) is 19.3 Å². The molecule has 0 spiro atoms. The van der Waals surface area contributed by atoms with Gasteiger partial charge in [-0.25, -0.2) is 0 Å². The topological polar surface area (TPSA) is 20.3 Å². The molecule has 10 heavy (non-hydrogen) atoms. The number of rotatable bonds is 1. The molecule has 2 heteroatoms. The normalized spacial score (nSPS) is 29.5. The first-order chi connectivity index (χ1) is 4.83. The van der Waals surface area contributed by atoms with E-state index >= 15 is 0 Å². The molecule has 0 N–H and O–H groups in total. The molecule has 1 aliphatic rings. The van der Waals surface area contributed by atoms with E-state index in [2.05, 4.69) is 11.9 Å². The van der Waals surface area contributed by atoms with Gasteiger partial charge in [0.1, 0.15) is 6.29 Å². The Hall–Kier alpha value is -0.370. The molecule has 0 unspecified atom stereocenters. The van der Waals surface area contributed by atoms with E-state index in [1.165, 1.54) is 6.42 Å². The molecule has 1 heterocycles. The van der Waals surface area contributed by atoms with Crippen LogP contribution < -0.4 is 0 Å². The molecule has 0 amide bonds. The van der Waals surface area contributed by atoms with Crippen molar-refractivity contribution in [2.24, 2.45) is 5.92 Å². The van der Waals surface area contributed by atoms with Crippen molar-refractivity contribution in [1.29, 1.82) is 0 Å². The van der Waals surface area contributed by atoms with Crippen molar-refractivity contribution in [3.63, 3.8) is 0 Å². The summed E-state index contributed by atoms with van der Waals surface area (Å²) in [6, 6.07) is 0. The Labute approximate surface area is 62.2 Å². The van der Waals surface area contributed by atoms with E-state index in [0.29, 0.717) is 5.92 Å². The Morgan fingerprint density at radius 1 is 1.40 bits per heavy atom. The lowest BCUT2D eigenvalue weighted by molar-refractivity contribution is -0.111. The molecule has 0 aromatic heterocycles. The zero-order valence-electron chi connectivity index (χ0n) is 6.55. The molecule has 2 nitrogen and oxygen atoms in total. The number of carbonyl (C=O) groups is 1. The van der Waals surface area contributed by atoms with Crippen LogP contribution in [0.3, 0.4) is 0 Å². The lowest BCUT2D eigenvalue weighted by Crippen LogP contribution is -2.18. The van der Waals surface area contributed by atoms with Crippen LogP contribution in [0, 0.1) is 5.92 Å². The summed E-state index contributed by atoms with van der Waals surface area (Å²) in [7, 11) is 2.12. The fourth-order valence-corrected chi connectivity index (χ4v) is 1.40. The fraction of sp³-hybridized carbons (Fsp3) is 0.875. The summed E-state index contributed by atoms with van der Waals surface area (Å²) in [5, 5.41) is 0. The Bertz CT molecular complexity index is 114. The Balaban J connectivity index is 2.32. The monoisotopic (exact) mass is 141 g/mol. The Morgan fingerprint density at radius 3 is 2.90 bits per heavy atom. The second-order valence-corrected chi connectivity index (χ2v) is 3.13. The fourth-order valence-electron chi connectivity index (χ4n) is 1.40. The van der Waals surface area contributed by atoms with Crippen LogP contribution in [0.15, 0.2) is 0 Å². The second kappa shape index (κ2) is 3.71. The van der Waals surface area contributed by atoms with Crippen LogP contribution in [0.4, 0.5) is 0 Å². The molecular formula is C8H15NO. The van der Waals surface area contributed by atoms with Gasteiger partial charge in [-0.1, -0.05) is 0 Å². The lowest BCUT2D eigenvalue weighted by Gasteiger charge is -2.11. The Morgan fingerprint density at radius 2 is 2.20 bits per heavy atom. The van der Waals surface area contributed by atoms with E-state index in [0.717, 1.165) is 32.2 Å². The van der Waals surface area contributed by atoms with Crippen LogP contribution in [0.1, 0.15) is 19.3 Å². The van der Waals surface area contributed by atoms with Gasteiger partial charge in [0.05, 0.1) is 0 Å². The highest BCUT2D eigenvalue weighted by molar-refractivity contribution is 5.53. The average Bonchev–Trinajstić information content (AvgIpc) is 2.14. The van der Waals surface area contributed by atoms with Crippen molar-refractivity contribution in [3.05, 3.63) is 0 Å². The van der Waals surface area contributed by atoms with E-state index in [1.54, 1.807) is 0 Å². The summed E-state index contributed by atoms with van der Waals surface area (Å²) < 4.78 is 0. The smallest absolute Gasteiger partial charge is 0.123 e. The van der Waals surface area contributed by atoms with Crippen LogP contribution in [-0.2, 0) is 4.79 Å². The van der Waals surface area contributed by atoms with Crippen LogP contribution >= 0.6 is 0 Å². The maximum Gasteiger partial charge on any atom is 0.123 e. The predicted octanol–water partition coefficient (Wildman–Crippen LogP) is 0.917. The third kappa shape index (κ3) is 2.10. The molecule has 0 aromatic rings. The molecule has 0 aromatic carbocycles. The number of hydrogen-bond acceptors (Lipinski definition) is 2. The van der Waals surface area contributed by atoms with Crippen molar-refractivity contribution in [2.75, 3.05) is 20.1 Å². The SMILES string of the molecule is CN1CCC[C@H](C=O)CC1. The first kappa shape index (κ1) is 7.73. The maximum atomic E-state index is 10.4. The minimum absolute atomic E-state index is 0.338. The van der Waals surface area contributed by atoms with Gasteiger partial charge in [0.25, 0.3) is 0 Å². The van der Waals surface area contributed by atoms with Gasteiger partial charge < -0.3 is 9.69 Å². The number of aldehydes is 1. The zero-order valence-corrected chi connectivity index (χ0v) is 6.55. The predicted molar refractivity (Wildman–Crippen MR) is 40.9 cm³/mol. The van der Waals surface area contributed by atoms with Crippen molar-refractivity contribution in [1.82, 2.24) is 4.90 Å². The number of nitrogens with zero attached hydrogens (tertiary/aromatic N) is 1. The van der Waals surface area contributed by atoms with Gasteiger partial charge in [-0.3, -0.25) is 0 Å². The number of hydrogen-bond donors (Lipinski definition) is 0. The molecule has 0 saturated carbocycles. The molecule has 1 fully saturated rings. The van der Waals surface area contributed by atoms with Gasteiger partial charge in [0.15, 0.2) is 0 Å². The summed E-state index contributed by atoms with van der Waals surface area (Å²) in [6.45, 7) is 2.24. The van der Waals surface area contributed by atoms with Crippen molar-refractivity contribution >= 4 is 6.29 Å². The molecule has 0 aliphatic carbocycles. The quantitative estimate of drug-likeness (QED) is 0.506. The van der Waals surface area contributed by atoms with Gasteiger partial charge in [-0.05, 0) is 39.4 Å². The molecule has 1 rings (SSSR count). The van der Waals surface area contributed by atoms with E-state index in [4.69, 9.17) is 0 Å². The number of carbonyl (C=O) groups excluding carboxylic acids is 1. The zero-order chi connectivity index (χ0) is 7.40. The van der Waals surface area contributed by atoms with E-state index in [1.807, 2.05) is 0 Å². The lowest BCUT2D eigenvalue weighted by atomic mass is 10.0. The van der Waals surface area contributed by atoms with Crippen molar-refractivity contribution < 1.29 is 4.79 Å². The first-order valence-electron chi connectivity index (χ1n) is 3.97. The summed E-state index contributed by atoms with van der Waals surface area (Å²) in [4.78, 5) is 12.7. The maximum absolute atomic E-state index is 10.4. The molecule has 1 saturated heterocycles. The van der Waals surface area contributed by atoms with Crippen LogP contribution in [-0.4, -0.2) is 31.3 Å². The molecule has 1 aliphatic heterocycles. The first-order valence-corrected chi connectivity index (χ1v) is 3.97. The average molecular weight is 141 g/mol. The highest BCUT2D eigenvalue weighted by atomic mass is 16.1. The highest BCUT2D eigenvalue weighted by Crippen LogP contribution is 2.13.